The molecule has 0 aliphatic carbocycles. The van der Waals surface area contributed by atoms with E-state index in [4.69, 9.17) is 0 Å². The summed E-state index contributed by atoms with van der Waals surface area (Å²) in [6, 6.07) is 6.79. The van der Waals surface area contributed by atoms with Gasteiger partial charge in [-0.3, -0.25) is 9.59 Å². The highest BCUT2D eigenvalue weighted by molar-refractivity contribution is 7.89. The van der Waals surface area contributed by atoms with Crippen LogP contribution in [-0.2, 0) is 19.6 Å². The van der Waals surface area contributed by atoms with Gasteiger partial charge < -0.3 is 10.4 Å². The van der Waals surface area contributed by atoms with E-state index in [9.17, 15) is 23.1 Å². The van der Waals surface area contributed by atoms with Crippen molar-refractivity contribution >= 4 is 21.9 Å². The van der Waals surface area contributed by atoms with Gasteiger partial charge in [0.25, 0.3) is 0 Å². The molecule has 0 radical (unpaired) electrons. The average molecular weight is 352 g/mol. The topological polar surface area (TPSA) is 104 Å². The van der Waals surface area contributed by atoms with Gasteiger partial charge in [0.2, 0.25) is 15.9 Å². The maximum absolute atomic E-state index is 12.8. The summed E-state index contributed by atoms with van der Waals surface area (Å²) in [7, 11) is -3.62. The quantitative estimate of drug-likeness (QED) is 0.835. The highest BCUT2D eigenvalue weighted by Crippen LogP contribution is 2.38. The first-order chi connectivity index (χ1) is 11.3. The largest absolute Gasteiger partial charge is 0.481 e. The van der Waals surface area contributed by atoms with E-state index in [2.05, 4.69) is 5.32 Å². The molecule has 1 unspecified atom stereocenters. The number of nitrogens with one attached hydrogen (secondary N) is 1. The van der Waals surface area contributed by atoms with E-state index >= 15 is 0 Å². The summed E-state index contributed by atoms with van der Waals surface area (Å²) in [5, 5.41) is 12.1. The standard InChI is InChI=1S/C16H20N2O5S/c1-11-4-2-3-5-13(11)24(22,23)18-8-6-16(7-9-18)12(15(20)21)10-14(19)17-16/h2-5,12H,6-10H2,1H3,(H,17,19)(H,20,21). The molecule has 0 aromatic heterocycles. The molecule has 1 spiro atoms. The van der Waals surface area contributed by atoms with Gasteiger partial charge in [0.1, 0.15) is 0 Å². The van der Waals surface area contributed by atoms with Crippen molar-refractivity contribution in [2.75, 3.05) is 13.1 Å². The Morgan fingerprint density at radius 3 is 2.50 bits per heavy atom. The zero-order valence-electron chi connectivity index (χ0n) is 13.4. The zero-order chi connectivity index (χ0) is 17.5. The SMILES string of the molecule is Cc1ccccc1S(=O)(=O)N1CCC2(CC1)NC(=O)CC2C(=O)O. The first-order valence-corrected chi connectivity index (χ1v) is 9.30. The molecular weight excluding hydrogens is 332 g/mol. The number of hydrogen-bond donors (Lipinski definition) is 2. The van der Waals surface area contributed by atoms with Crippen molar-refractivity contribution in [2.45, 2.75) is 36.6 Å². The molecule has 2 saturated heterocycles. The third-order valence-corrected chi connectivity index (χ3v) is 7.13. The van der Waals surface area contributed by atoms with E-state index in [0.29, 0.717) is 18.4 Å². The Labute approximate surface area is 140 Å². The predicted molar refractivity (Wildman–Crippen MR) is 85.8 cm³/mol. The molecule has 8 heteroatoms. The second-order valence-corrected chi connectivity index (χ2v) is 8.38. The van der Waals surface area contributed by atoms with Crippen LogP contribution in [0.3, 0.4) is 0 Å². The number of carbonyl (C=O) groups excluding carboxylic acids is 1. The van der Waals surface area contributed by atoms with Crippen LogP contribution in [0, 0.1) is 12.8 Å². The van der Waals surface area contributed by atoms with Crippen molar-refractivity contribution in [2.24, 2.45) is 5.92 Å². The molecule has 2 aliphatic rings. The predicted octanol–water partition coefficient (Wildman–Crippen LogP) is 0.739. The number of rotatable bonds is 3. The molecule has 130 valence electrons. The number of piperidine rings is 1. The van der Waals surface area contributed by atoms with Crippen LogP contribution in [0.5, 0.6) is 0 Å². The van der Waals surface area contributed by atoms with Gasteiger partial charge in [-0.05, 0) is 31.4 Å². The molecule has 24 heavy (non-hydrogen) atoms. The monoisotopic (exact) mass is 352 g/mol. The summed E-state index contributed by atoms with van der Waals surface area (Å²) in [4.78, 5) is 23.4. The van der Waals surface area contributed by atoms with E-state index in [0.717, 1.165) is 0 Å². The lowest BCUT2D eigenvalue weighted by Gasteiger charge is -2.40. The highest BCUT2D eigenvalue weighted by Gasteiger charge is 2.52. The molecule has 2 heterocycles. The van der Waals surface area contributed by atoms with E-state index in [-0.39, 0.29) is 30.3 Å². The van der Waals surface area contributed by atoms with Crippen LogP contribution < -0.4 is 5.32 Å². The van der Waals surface area contributed by atoms with Gasteiger partial charge in [-0.15, -0.1) is 0 Å². The molecular formula is C16H20N2O5S. The van der Waals surface area contributed by atoms with Crippen LogP contribution in [0.4, 0.5) is 0 Å². The number of aryl methyl sites for hydroxylation is 1. The van der Waals surface area contributed by atoms with Crippen LogP contribution in [0.15, 0.2) is 29.2 Å². The van der Waals surface area contributed by atoms with Crippen molar-refractivity contribution < 1.29 is 23.1 Å². The Bertz CT molecular complexity index is 781. The molecule has 3 rings (SSSR count). The molecule has 7 nitrogen and oxygen atoms in total. The molecule has 0 saturated carbocycles. The van der Waals surface area contributed by atoms with E-state index in [1.54, 1.807) is 31.2 Å². The van der Waals surface area contributed by atoms with Gasteiger partial charge in [-0.25, -0.2) is 8.42 Å². The number of hydrogen-bond acceptors (Lipinski definition) is 4. The maximum atomic E-state index is 12.8. The zero-order valence-corrected chi connectivity index (χ0v) is 14.2. The van der Waals surface area contributed by atoms with Crippen LogP contribution in [-0.4, -0.2) is 48.3 Å². The minimum atomic E-state index is -3.62. The van der Waals surface area contributed by atoms with Crippen molar-refractivity contribution in [1.29, 1.82) is 0 Å². The maximum Gasteiger partial charge on any atom is 0.309 e. The summed E-state index contributed by atoms with van der Waals surface area (Å²) in [5.41, 5.74) is -0.156. The van der Waals surface area contributed by atoms with Crippen LogP contribution in [0.25, 0.3) is 0 Å². The number of nitrogens with zero attached hydrogens (tertiary/aromatic N) is 1. The molecule has 1 aromatic carbocycles. The van der Waals surface area contributed by atoms with Crippen molar-refractivity contribution in [1.82, 2.24) is 9.62 Å². The lowest BCUT2D eigenvalue weighted by atomic mass is 9.78. The van der Waals surface area contributed by atoms with Gasteiger partial charge in [0.05, 0.1) is 16.4 Å². The van der Waals surface area contributed by atoms with Crippen molar-refractivity contribution in [3.05, 3.63) is 29.8 Å². The Hall–Kier alpha value is -1.93. The first-order valence-electron chi connectivity index (χ1n) is 7.86. The summed E-state index contributed by atoms with van der Waals surface area (Å²) < 4.78 is 27.0. The van der Waals surface area contributed by atoms with Crippen molar-refractivity contribution in [3.8, 4) is 0 Å². The molecule has 0 bridgehead atoms. The van der Waals surface area contributed by atoms with Crippen LogP contribution in [0.1, 0.15) is 24.8 Å². The third kappa shape index (κ3) is 2.69. The van der Waals surface area contributed by atoms with Crippen LogP contribution in [0.2, 0.25) is 0 Å². The lowest BCUT2D eigenvalue weighted by molar-refractivity contribution is -0.144. The molecule has 1 amide bonds. The van der Waals surface area contributed by atoms with Gasteiger partial charge >= 0.3 is 5.97 Å². The number of benzene rings is 1. The van der Waals surface area contributed by atoms with Crippen molar-refractivity contribution in [3.63, 3.8) is 0 Å². The number of amides is 1. The summed E-state index contributed by atoms with van der Waals surface area (Å²) in [6.45, 7) is 2.14. The van der Waals surface area contributed by atoms with Gasteiger partial charge in [0, 0.05) is 19.5 Å². The van der Waals surface area contributed by atoms with Gasteiger partial charge in [-0.1, -0.05) is 18.2 Å². The molecule has 2 N–H and O–H groups in total. The Balaban J connectivity index is 1.81. The minimum absolute atomic E-state index is 0.0418. The first kappa shape index (κ1) is 16.9. The van der Waals surface area contributed by atoms with E-state index in [1.165, 1.54) is 4.31 Å². The fourth-order valence-electron chi connectivity index (χ4n) is 3.70. The number of aliphatic carboxylic acids is 1. The minimum Gasteiger partial charge on any atom is -0.481 e. The Morgan fingerprint density at radius 1 is 1.29 bits per heavy atom. The summed E-state index contributed by atoms with van der Waals surface area (Å²) >= 11 is 0. The second kappa shape index (κ2) is 5.86. The fraction of sp³-hybridized carbons (Fsp3) is 0.500. The number of carboxylic acid groups (broad SMARTS) is 1. The Kier molecular flexibility index (Phi) is 4.13. The fourth-order valence-corrected chi connectivity index (χ4v) is 5.37. The molecule has 2 aliphatic heterocycles. The van der Waals surface area contributed by atoms with Crippen LogP contribution >= 0.6 is 0 Å². The number of sulfonamides is 1. The molecule has 1 atom stereocenters. The number of carbonyl (C=O) groups is 2. The molecule has 1 aromatic rings. The second-order valence-electron chi connectivity index (χ2n) is 6.47. The molecule has 2 fully saturated rings. The lowest BCUT2D eigenvalue weighted by Crippen LogP contribution is -2.56. The normalized spacial score (nSPS) is 24.0. The highest BCUT2D eigenvalue weighted by atomic mass is 32.2. The van der Waals surface area contributed by atoms with E-state index < -0.39 is 27.4 Å². The van der Waals surface area contributed by atoms with Gasteiger partial charge in [-0.2, -0.15) is 4.31 Å². The summed E-state index contributed by atoms with van der Waals surface area (Å²) in [5.74, 6) is -2.09. The Morgan fingerprint density at radius 2 is 1.92 bits per heavy atom. The smallest absolute Gasteiger partial charge is 0.309 e. The third-order valence-electron chi connectivity index (χ3n) is 5.07. The van der Waals surface area contributed by atoms with E-state index in [1.807, 2.05) is 0 Å². The van der Waals surface area contributed by atoms with Gasteiger partial charge in [0.15, 0.2) is 0 Å². The number of carboxylic acids is 1. The average Bonchev–Trinajstić information content (AvgIpc) is 2.84. The summed E-state index contributed by atoms with van der Waals surface area (Å²) in [6.07, 6.45) is 0.571.